The van der Waals surface area contributed by atoms with Crippen LogP contribution < -0.4 is 0 Å². The molecule has 1 aromatic rings. The number of carbonyl (C=O) groups is 1. The first kappa shape index (κ1) is 13.2. The zero-order valence-electron chi connectivity index (χ0n) is 11.0. The van der Waals surface area contributed by atoms with Gasteiger partial charge in [0, 0.05) is 45.4 Å². The summed E-state index contributed by atoms with van der Waals surface area (Å²) in [7, 11) is 0. The van der Waals surface area contributed by atoms with Gasteiger partial charge in [-0.05, 0) is 13.8 Å². The van der Waals surface area contributed by atoms with Gasteiger partial charge in [0.15, 0.2) is 5.78 Å². The van der Waals surface area contributed by atoms with E-state index < -0.39 is 5.60 Å². The fraction of sp³-hybridized carbons (Fsp3) is 0.692. The number of ketones is 1. The first-order valence-electron chi connectivity index (χ1n) is 6.51. The van der Waals surface area contributed by atoms with Crippen LogP contribution in [0.1, 0.15) is 37.0 Å². The zero-order chi connectivity index (χ0) is 13.0. The summed E-state index contributed by atoms with van der Waals surface area (Å²) in [6.45, 7) is 6.36. The standard InChI is InChI=1S/C13H20N2O3/c1-3-15-10-11(9-14-15)12(16)13(18-4-2)5-7-17-8-6-13/h9-10H,3-8H2,1-2H3. The summed E-state index contributed by atoms with van der Waals surface area (Å²) < 4.78 is 12.8. The van der Waals surface area contributed by atoms with Crippen molar-refractivity contribution in [2.24, 2.45) is 0 Å². The Morgan fingerprint density at radius 1 is 1.50 bits per heavy atom. The van der Waals surface area contributed by atoms with Crippen LogP contribution in [-0.2, 0) is 16.0 Å². The zero-order valence-corrected chi connectivity index (χ0v) is 11.0. The molecule has 1 fully saturated rings. The Balaban J connectivity index is 2.21. The minimum absolute atomic E-state index is 0.0346. The Labute approximate surface area is 107 Å². The molecule has 2 rings (SSSR count). The monoisotopic (exact) mass is 252 g/mol. The highest BCUT2D eigenvalue weighted by Crippen LogP contribution is 2.29. The lowest BCUT2D eigenvalue weighted by molar-refractivity contribution is -0.0822. The molecule has 100 valence electrons. The van der Waals surface area contributed by atoms with E-state index in [-0.39, 0.29) is 5.78 Å². The van der Waals surface area contributed by atoms with E-state index in [0.29, 0.717) is 38.2 Å². The Hall–Kier alpha value is -1.20. The summed E-state index contributed by atoms with van der Waals surface area (Å²) in [4.78, 5) is 12.6. The number of ether oxygens (including phenoxy) is 2. The predicted octanol–water partition coefficient (Wildman–Crippen LogP) is 1.67. The lowest BCUT2D eigenvalue weighted by atomic mass is 9.86. The van der Waals surface area contributed by atoms with Gasteiger partial charge in [-0.15, -0.1) is 0 Å². The normalized spacial score (nSPS) is 18.8. The SMILES string of the molecule is CCOC1(C(=O)c2cnn(CC)c2)CCOCC1. The highest BCUT2D eigenvalue weighted by Gasteiger charge is 2.41. The number of Topliss-reactive ketones (excluding diaryl/α,β-unsaturated/α-hetero) is 1. The van der Waals surface area contributed by atoms with E-state index in [1.54, 1.807) is 17.1 Å². The minimum atomic E-state index is -0.714. The van der Waals surface area contributed by atoms with Gasteiger partial charge in [0.05, 0.1) is 11.8 Å². The third kappa shape index (κ3) is 2.47. The fourth-order valence-corrected chi connectivity index (χ4v) is 2.33. The maximum Gasteiger partial charge on any atom is 0.197 e. The molecular formula is C13H20N2O3. The first-order valence-corrected chi connectivity index (χ1v) is 6.51. The van der Waals surface area contributed by atoms with Crippen LogP contribution in [0.15, 0.2) is 12.4 Å². The van der Waals surface area contributed by atoms with E-state index in [4.69, 9.17) is 9.47 Å². The summed E-state index contributed by atoms with van der Waals surface area (Å²) >= 11 is 0. The average Bonchev–Trinajstić information content (AvgIpc) is 2.88. The summed E-state index contributed by atoms with van der Waals surface area (Å²) in [5.74, 6) is 0.0346. The van der Waals surface area contributed by atoms with E-state index in [0.717, 1.165) is 6.54 Å². The smallest absolute Gasteiger partial charge is 0.197 e. The Bertz CT molecular complexity index is 403. The lowest BCUT2D eigenvalue weighted by Crippen LogP contribution is -2.46. The van der Waals surface area contributed by atoms with Gasteiger partial charge in [-0.25, -0.2) is 0 Å². The quantitative estimate of drug-likeness (QED) is 0.748. The molecular weight excluding hydrogens is 232 g/mol. The number of nitrogens with zero attached hydrogens (tertiary/aromatic N) is 2. The Morgan fingerprint density at radius 2 is 2.22 bits per heavy atom. The van der Waals surface area contributed by atoms with Gasteiger partial charge in [0.1, 0.15) is 5.60 Å². The van der Waals surface area contributed by atoms with Crippen molar-refractivity contribution >= 4 is 5.78 Å². The number of hydrogen-bond donors (Lipinski definition) is 0. The lowest BCUT2D eigenvalue weighted by Gasteiger charge is -2.35. The first-order chi connectivity index (χ1) is 8.72. The van der Waals surface area contributed by atoms with Gasteiger partial charge >= 0.3 is 0 Å². The fourth-order valence-electron chi connectivity index (χ4n) is 2.33. The average molecular weight is 252 g/mol. The number of aromatic nitrogens is 2. The molecule has 0 saturated carbocycles. The topological polar surface area (TPSA) is 53.3 Å². The van der Waals surface area contributed by atoms with Crippen molar-refractivity contribution < 1.29 is 14.3 Å². The van der Waals surface area contributed by atoms with Crippen LogP contribution in [-0.4, -0.2) is 41.0 Å². The van der Waals surface area contributed by atoms with Gasteiger partial charge in [-0.3, -0.25) is 9.48 Å². The van der Waals surface area contributed by atoms with Crippen molar-refractivity contribution in [3.05, 3.63) is 18.0 Å². The van der Waals surface area contributed by atoms with Crippen LogP contribution in [0.3, 0.4) is 0 Å². The summed E-state index contributed by atoms with van der Waals surface area (Å²) in [5.41, 5.74) is -0.0820. The van der Waals surface area contributed by atoms with Crippen molar-refractivity contribution in [2.45, 2.75) is 38.8 Å². The van der Waals surface area contributed by atoms with E-state index in [1.165, 1.54) is 0 Å². The number of hydrogen-bond acceptors (Lipinski definition) is 4. The number of carbonyl (C=O) groups excluding carboxylic acids is 1. The van der Waals surface area contributed by atoms with Crippen molar-refractivity contribution in [2.75, 3.05) is 19.8 Å². The molecule has 5 heteroatoms. The third-order valence-corrected chi connectivity index (χ3v) is 3.35. The van der Waals surface area contributed by atoms with Crippen molar-refractivity contribution in [1.29, 1.82) is 0 Å². The highest BCUT2D eigenvalue weighted by molar-refractivity contribution is 6.02. The Morgan fingerprint density at radius 3 is 2.78 bits per heavy atom. The number of aryl methyl sites for hydroxylation is 1. The highest BCUT2D eigenvalue weighted by atomic mass is 16.5. The molecule has 0 amide bonds. The molecule has 0 aliphatic carbocycles. The second-order valence-electron chi connectivity index (χ2n) is 4.45. The van der Waals surface area contributed by atoms with Crippen LogP contribution in [0.2, 0.25) is 0 Å². The van der Waals surface area contributed by atoms with Crippen molar-refractivity contribution in [3.8, 4) is 0 Å². The molecule has 0 spiro atoms. The van der Waals surface area contributed by atoms with Crippen molar-refractivity contribution in [3.63, 3.8) is 0 Å². The maximum atomic E-state index is 12.6. The molecule has 0 bridgehead atoms. The second-order valence-corrected chi connectivity index (χ2v) is 4.45. The van der Waals surface area contributed by atoms with Gasteiger partial charge in [-0.2, -0.15) is 5.10 Å². The second kappa shape index (κ2) is 5.63. The Kier molecular flexibility index (Phi) is 4.14. The predicted molar refractivity (Wildman–Crippen MR) is 66.6 cm³/mol. The van der Waals surface area contributed by atoms with Crippen LogP contribution in [0.5, 0.6) is 0 Å². The van der Waals surface area contributed by atoms with Gasteiger partial charge in [-0.1, -0.05) is 0 Å². The molecule has 1 aliphatic heterocycles. The molecule has 1 saturated heterocycles. The van der Waals surface area contributed by atoms with Gasteiger partial charge < -0.3 is 9.47 Å². The van der Waals surface area contributed by atoms with Crippen LogP contribution >= 0.6 is 0 Å². The molecule has 0 radical (unpaired) electrons. The maximum absolute atomic E-state index is 12.6. The molecule has 0 atom stereocenters. The van der Waals surface area contributed by atoms with Crippen LogP contribution in [0.4, 0.5) is 0 Å². The largest absolute Gasteiger partial charge is 0.381 e. The van der Waals surface area contributed by atoms with E-state index in [1.807, 2.05) is 13.8 Å². The van der Waals surface area contributed by atoms with E-state index in [9.17, 15) is 4.79 Å². The molecule has 1 aliphatic rings. The molecule has 5 nitrogen and oxygen atoms in total. The molecule has 18 heavy (non-hydrogen) atoms. The summed E-state index contributed by atoms with van der Waals surface area (Å²) in [5, 5.41) is 4.15. The minimum Gasteiger partial charge on any atom is -0.381 e. The van der Waals surface area contributed by atoms with E-state index in [2.05, 4.69) is 5.10 Å². The molecule has 1 aromatic heterocycles. The van der Waals surface area contributed by atoms with Crippen LogP contribution in [0, 0.1) is 0 Å². The molecule has 0 aromatic carbocycles. The van der Waals surface area contributed by atoms with Gasteiger partial charge in [0.2, 0.25) is 0 Å². The van der Waals surface area contributed by atoms with Crippen LogP contribution in [0.25, 0.3) is 0 Å². The third-order valence-electron chi connectivity index (χ3n) is 3.35. The van der Waals surface area contributed by atoms with Gasteiger partial charge in [0.25, 0.3) is 0 Å². The number of rotatable bonds is 5. The van der Waals surface area contributed by atoms with Crippen molar-refractivity contribution in [1.82, 2.24) is 9.78 Å². The molecule has 2 heterocycles. The van der Waals surface area contributed by atoms with E-state index >= 15 is 0 Å². The summed E-state index contributed by atoms with van der Waals surface area (Å²) in [6, 6.07) is 0. The molecule has 0 unspecified atom stereocenters. The molecule has 0 N–H and O–H groups in total. The summed E-state index contributed by atoms with van der Waals surface area (Å²) in [6.07, 6.45) is 4.66.